The molecule has 4 heteroatoms. The molecular formula is C12H12FNO2. The minimum atomic E-state index is -1.01. The Kier molecular flexibility index (Phi) is 3.62. The smallest absolute Gasteiger partial charge is 0.311 e. The SMILES string of the molecule is CC(C)C(C(=O)O)c1cc(F)cc(C#N)c1. The number of aliphatic carboxylic acids is 1. The average molecular weight is 221 g/mol. The van der Waals surface area contributed by atoms with Crippen LogP contribution >= 0.6 is 0 Å². The van der Waals surface area contributed by atoms with Gasteiger partial charge in [-0.25, -0.2) is 4.39 Å². The summed E-state index contributed by atoms with van der Waals surface area (Å²) in [6, 6.07) is 5.48. The first-order chi connectivity index (χ1) is 7.45. The zero-order valence-corrected chi connectivity index (χ0v) is 9.07. The Hall–Kier alpha value is -1.89. The lowest BCUT2D eigenvalue weighted by atomic mass is 9.88. The lowest BCUT2D eigenvalue weighted by Crippen LogP contribution is -2.17. The zero-order chi connectivity index (χ0) is 12.3. The first-order valence-electron chi connectivity index (χ1n) is 4.89. The van der Waals surface area contributed by atoms with Gasteiger partial charge in [-0.05, 0) is 29.7 Å². The second-order valence-corrected chi connectivity index (χ2v) is 3.94. The molecule has 0 bridgehead atoms. The van der Waals surface area contributed by atoms with Crippen LogP contribution < -0.4 is 0 Å². The predicted octanol–water partition coefficient (Wildman–Crippen LogP) is 2.52. The van der Waals surface area contributed by atoms with Crippen molar-refractivity contribution in [1.82, 2.24) is 0 Å². The zero-order valence-electron chi connectivity index (χ0n) is 9.07. The summed E-state index contributed by atoms with van der Waals surface area (Å²) < 4.78 is 13.2. The molecule has 0 heterocycles. The molecule has 1 unspecified atom stereocenters. The third-order valence-corrected chi connectivity index (χ3v) is 2.34. The van der Waals surface area contributed by atoms with Gasteiger partial charge in [0.1, 0.15) is 5.82 Å². The minimum absolute atomic E-state index is 0.141. The van der Waals surface area contributed by atoms with E-state index in [-0.39, 0.29) is 11.5 Å². The number of carbonyl (C=O) groups is 1. The number of nitriles is 1. The van der Waals surface area contributed by atoms with E-state index in [1.165, 1.54) is 12.1 Å². The van der Waals surface area contributed by atoms with Crippen LogP contribution in [0.5, 0.6) is 0 Å². The number of hydrogen-bond acceptors (Lipinski definition) is 2. The van der Waals surface area contributed by atoms with Crippen LogP contribution in [0.2, 0.25) is 0 Å². The molecule has 0 saturated carbocycles. The number of rotatable bonds is 3. The second-order valence-electron chi connectivity index (χ2n) is 3.94. The Labute approximate surface area is 93.1 Å². The number of halogens is 1. The molecule has 0 aromatic heterocycles. The van der Waals surface area contributed by atoms with E-state index in [9.17, 15) is 9.18 Å². The van der Waals surface area contributed by atoms with E-state index in [4.69, 9.17) is 10.4 Å². The van der Waals surface area contributed by atoms with Gasteiger partial charge in [0, 0.05) is 0 Å². The molecule has 0 fully saturated rings. The van der Waals surface area contributed by atoms with Gasteiger partial charge in [0.25, 0.3) is 0 Å². The molecule has 0 amide bonds. The molecule has 0 spiro atoms. The molecule has 1 rings (SSSR count). The van der Waals surface area contributed by atoms with Gasteiger partial charge in [-0.15, -0.1) is 0 Å². The number of nitrogens with zero attached hydrogens (tertiary/aromatic N) is 1. The Balaban J connectivity index is 3.25. The van der Waals surface area contributed by atoms with Crippen LogP contribution in [0.1, 0.15) is 30.9 Å². The summed E-state index contributed by atoms with van der Waals surface area (Å²) in [7, 11) is 0. The number of carboxylic acids is 1. The second kappa shape index (κ2) is 4.75. The first kappa shape index (κ1) is 12.2. The fourth-order valence-corrected chi connectivity index (χ4v) is 1.67. The van der Waals surface area contributed by atoms with Crippen LogP contribution in [-0.2, 0) is 4.79 Å². The van der Waals surface area contributed by atoms with Crippen LogP contribution in [0.4, 0.5) is 4.39 Å². The molecule has 1 aromatic rings. The molecular weight excluding hydrogens is 209 g/mol. The maximum atomic E-state index is 13.2. The number of carboxylic acid groups (broad SMARTS) is 1. The van der Waals surface area contributed by atoms with E-state index in [1.807, 2.05) is 6.07 Å². The lowest BCUT2D eigenvalue weighted by Gasteiger charge is -2.16. The Morgan fingerprint density at radius 1 is 1.44 bits per heavy atom. The van der Waals surface area contributed by atoms with Crippen LogP contribution in [-0.4, -0.2) is 11.1 Å². The average Bonchev–Trinajstić information content (AvgIpc) is 2.15. The minimum Gasteiger partial charge on any atom is -0.481 e. The Morgan fingerprint density at radius 2 is 2.06 bits per heavy atom. The molecule has 1 atom stereocenters. The molecule has 16 heavy (non-hydrogen) atoms. The van der Waals surface area contributed by atoms with Gasteiger partial charge in [0.15, 0.2) is 0 Å². The lowest BCUT2D eigenvalue weighted by molar-refractivity contribution is -0.139. The van der Waals surface area contributed by atoms with Crippen LogP contribution in [0.15, 0.2) is 18.2 Å². The first-order valence-corrected chi connectivity index (χ1v) is 4.89. The van der Waals surface area contributed by atoms with Crippen molar-refractivity contribution in [3.63, 3.8) is 0 Å². The van der Waals surface area contributed by atoms with Crippen molar-refractivity contribution in [1.29, 1.82) is 5.26 Å². The summed E-state index contributed by atoms with van der Waals surface area (Å²) in [6.07, 6.45) is 0. The van der Waals surface area contributed by atoms with E-state index in [1.54, 1.807) is 13.8 Å². The summed E-state index contributed by atoms with van der Waals surface area (Å²) in [5.74, 6) is -2.54. The molecule has 0 saturated heterocycles. The van der Waals surface area contributed by atoms with Crippen molar-refractivity contribution in [3.05, 3.63) is 35.1 Å². The van der Waals surface area contributed by atoms with Gasteiger partial charge in [-0.2, -0.15) is 5.26 Å². The molecule has 3 nitrogen and oxygen atoms in total. The topological polar surface area (TPSA) is 61.1 Å². The van der Waals surface area contributed by atoms with Crippen molar-refractivity contribution in [2.45, 2.75) is 19.8 Å². The van der Waals surface area contributed by atoms with E-state index in [0.29, 0.717) is 5.56 Å². The monoisotopic (exact) mass is 221 g/mol. The van der Waals surface area contributed by atoms with Gasteiger partial charge in [-0.1, -0.05) is 13.8 Å². The Morgan fingerprint density at radius 3 is 2.50 bits per heavy atom. The van der Waals surface area contributed by atoms with Gasteiger partial charge in [0.2, 0.25) is 0 Å². The maximum Gasteiger partial charge on any atom is 0.311 e. The molecule has 0 aliphatic heterocycles. The third-order valence-electron chi connectivity index (χ3n) is 2.34. The highest BCUT2D eigenvalue weighted by Crippen LogP contribution is 2.26. The molecule has 1 aromatic carbocycles. The molecule has 0 aliphatic carbocycles. The van der Waals surface area contributed by atoms with Gasteiger partial charge in [0.05, 0.1) is 17.6 Å². The number of hydrogen-bond donors (Lipinski definition) is 1. The van der Waals surface area contributed by atoms with Crippen LogP contribution in [0.3, 0.4) is 0 Å². The highest BCUT2D eigenvalue weighted by molar-refractivity contribution is 5.76. The molecule has 0 aliphatic rings. The van der Waals surface area contributed by atoms with Crippen molar-refractivity contribution in [2.24, 2.45) is 5.92 Å². The maximum absolute atomic E-state index is 13.2. The summed E-state index contributed by atoms with van der Waals surface area (Å²) >= 11 is 0. The summed E-state index contributed by atoms with van der Waals surface area (Å²) in [5, 5.41) is 17.7. The fraction of sp³-hybridized carbons (Fsp3) is 0.333. The highest BCUT2D eigenvalue weighted by Gasteiger charge is 2.24. The molecule has 0 radical (unpaired) electrons. The quantitative estimate of drug-likeness (QED) is 0.853. The van der Waals surface area contributed by atoms with E-state index >= 15 is 0 Å². The largest absolute Gasteiger partial charge is 0.481 e. The summed E-state index contributed by atoms with van der Waals surface area (Å²) in [5.41, 5.74) is 0.473. The standard InChI is InChI=1S/C12H12FNO2/c1-7(2)11(12(15)16)9-3-8(6-14)4-10(13)5-9/h3-5,7,11H,1-2H3,(H,15,16). The van der Waals surface area contributed by atoms with Crippen LogP contribution in [0, 0.1) is 23.1 Å². The number of benzene rings is 1. The fourth-order valence-electron chi connectivity index (χ4n) is 1.67. The summed E-state index contributed by atoms with van der Waals surface area (Å²) in [6.45, 7) is 3.49. The van der Waals surface area contributed by atoms with Crippen molar-refractivity contribution in [3.8, 4) is 6.07 Å². The third kappa shape index (κ3) is 2.57. The Bertz CT molecular complexity index is 449. The van der Waals surface area contributed by atoms with Crippen LogP contribution in [0.25, 0.3) is 0 Å². The van der Waals surface area contributed by atoms with Crippen molar-refractivity contribution < 1.29 is 14.3 Å². The normalized spacial score (nSPS) is 12.2. The van der Waals surface area contributed by atoms with Gasteiger partial charge < -0.3 is 5.11 Å². The van der Waals surface area contributed by atoms with Gasteiger partial charge in [-0.3, -0.25) is 4.79 Å². The van der Waals surface area contributed by atoms with E-state index < -0.39 is 17.7 Å². The van der Waals surface area contributed by atoms with E-state index in [0.717, 1.165) is 6.07 Å². The van der Waals surface area contributed by atoms with Crippen molar-refractivity contribution in [2.75, 3.05) is 0 Å². The van der Waals surface area contributed by atoms with Gasteiger partial charge >= 0.3 is 5.97 Å². The highest BCUT2D eigenvalue weighted by atomic mass is 19.1. The van der Waals surface area contributed by atoms with Crippen molar-refractivity contribution >= 4 is 5.97 Å². The predicted molar refractivity (Wildman–Crippen MR) is 56.3 cm³/mol. The molecule has 1 N–H and O–H groups in total. The molecule has 84 valence electrons. The summed E-state index contributed by atoms with van der Waals surface area (Å²) in [4.78, 5) is 11.0. The van der Waals surface area contributed by atoms with E-state index in [2.05, 4.69) is 0 Å².